The van der Waals surface area contributed by atoms with Crippen molar-refractivity contribution in [1.82, 2.24) is 9.55 Å². The first kappa shape index (κ1) is 25.8. The third-order valence-electron chi connectivity index (χ3n) is 7.56. The zero-order valence-corrected chi connectivity index (χ0v) is 23.0. The van der Waals surface area contributed by atoms with Crippen LogP contribution in [-0.4, -0.2) is 21.5 Å². The Bertz CT molecular complexity index is 1600. The third-order valence-corrected chi connectivity index (χ3v) is 7.56. The number of aliphatic imine (C=N–C) groups is 1. The summed E-state index contributed by atoms with van der Waals surface area (Å²) in [5.41, 5.74) is 7.80. The van der Waals surface area contributed by atoms with E-state index in [-0.39, 0.29) is 6.04 Å². The van der Waals surface area contributed by atoms with Crippen LogP contribution in [0.15, 0.2) is 119 Å². The van der Waals surface area contributed by atoms with Gasteiger partial charge in [-0.2, -0.15) is 5.10 Å². The Morgan fingerprint density at radius 1 is 0.800 bits per heavy atom. The summed E-state index contributed by atoms with van der Waals surface area (Å²) in [6.07, 6.45) is 7.64. The van der Waals surface area contributed by atoms with Gasteiger partial charge in [-0.05, 0) is 47.4 Å². The van der Waals surface area contributed by atoms with Crippen LogP contribution < -0.4 is 5.01 Å². The zero-order valence-electron chi connectivity index (χ0n) is 23.0. The summed E-state index contributed by atoms with van der Waals surface area (Å²) in [5.74, 6) is 0.766. The first-order valence-corrected chi connectivity index (χ1v) is 14.4. The number of fused-ring (bicyclic) bond motifs is 1. The molecule has 0 N–H and O–H groups in total. The van der Waals surface area contributed by atoms with Crippen LogP contribution in [0.4, 0.5) is 11.6 Å². The molecule has 0 bridgehead atoms. The highest BCUT2D eigenvalue weighted by Crippen LogP contribution is 2.36. The van der Waals surface area contributed by atoms with Gasteiger partial charge in [0, 0.05) is 19.2 Å². The van der Waals surface area contributed by atoms with Gasteiger partial charge < -0.3 is 4.57 Å². The summed E-state index contributed by atoms with van der Waals surface area (Å²) in [4.78, 5) is 9.67. The Morgan fingerprint density at radius 2 is 1.52 bits per heavy atom. The molecule has 1 aromatic heterocycles. The van der Waals surface area contributed by atoms with Crippen molar-refractivity contribution in [2.24, 2.45) is 10.1 Å². The summed E-state index contributed by atoms with van der Waals surface area (Å²) in [7, 11) is 0. The van der Waals surface area contributed by atoms with Gasteiger partial charge in [0.25, 0.3) is 0 Å². The van der Waals surface area contributed by atoms with Gasteiger partial charge in [-0.1, -0.05) is 111 Å². The standard InChI is InChI=1S/C35H35N5/c1-2-3-4-13-24-39-33-19-12-11-18-31(33)37-35(39)36-26-27-20-22-30(23-21-27)40-34(29-16-9-6-10-17-29)25-32(38-40)28-14-7-5-8-15-28/h5-12,14-23,26,34H,2-4,13,24-25H2,1H3/t34-/m0/s1. The number of hydrogen-bond donors (Lipinski definition) is 0. The molecule has 5 nitrogen and oxygen atoms in total. The number of unbranched alkanes of at least 4 members (excludes halogenated alkanes) is 3. The number of rotatable bonds is 10. The molecular weight excluding hydrogens is 490 g/mol. The van der Waals surface area contributed by atoms with Crippen LogP contribution in [0.25, 0.3) is 11.0 Å². The molecule has 0 saturated carbocycles. The lowest BCUT2D eigenvalue weighted by atomic mass is 9.98. The van der Waals surface area contributed by atoms with Crippen molar-refractivity contribution in [3.05, 3.63) is 126 Å². The van der Waals surface area contributed by atoms with E-state index in [0.717, 1.165) is 53.3 Å². The fourth-order valence-electron chi connectivity index (χ4n) is 5.41. The van der Waals surface area contributed by atoms with E-state index >= 15 is 0 Å². The molecule has 0 unspecified atom stereocenters. The van der Waals surface area contributed by atoms with Crippen LogP contribution in [-0.2, 0) is 6.54 Å². The molecule has 6 rings (SSSR count). The molecule has 200 valence electrons. The first-order chi connectivity index (χ1) is 19.8. The van der Waals surface area contributed by atoms with Gasteiger partial charge in [0.2, 0.25) is 5.95 Å². The fourth-order valence-corrected chi connectivity index (χ4v) is 5.41. The van der Waals surface area contributed by atoms with E-state index in [1.807, 2.05) is 18.3 Å². The Hall–Kier alpha value is -4.51. The van der Waals surface area contributed by atoms with Crippen LogP contribution in [0, 0.1) is 0 Å². The highest BCUT2D eigenvalue weighted by molar-refractivity contribution is 6.03. The molecule has 1 atom stereocenters. The number of hydrogen-bond acceptors (Lipinski definition) is 4. The minimum Gasteiger partial charge on any atom is -0.308 e. The minimum atomic E-state index is 0.156. The fraction of sp³-hybridized carbons (Fsp3) is 0.229. The number of anilines is 1. The quantitative estimate of drug-likeness (QED) is 0.135. The van der Waals surface area contributed by atoms with Crippen molar-refractivity contribution in [2.75, 3.05) is 5.01 Å². The maximum absolute atomic E-state index is 5.09. The van der Waals surface area contributed by atoms with Gasteiger partial charge >= 0.3 is 0 Å². The molecular formula is C35H35N5. The van der Waals surface area contributed by atoms with Crippen molar-refractivity contribution in [3.63, 3.8) is 0 Å². The van der Waals surface area contributed by atoms with Crippen molar-refractivity contribution < 1.29 is 0 Å². The van der Waals surface area contributed by atoms with E-state index in [1.54, 1.807) is 0 Å². The second-order valence-electron chi connectivity index (χ2n) is 10.4. The number of nitrogens with zero attached hydrogens (tertiary/aromatic N) is 5. The van der Waals surface area contributed by atoms with Crippen LogP contribution in [0.3, 0.4) is 0 Å². The number of imidazole rings is 1. The number of benzene rings is 4. The van der Waals surface area contributed by atoms with Crippen LogP contribution in [0.1, 0.15) is 61.8 Å². The monoisotopic (exact) mass is 525 g/mol. The highest BCUT2D eigenvalue weighted by atomic mass is 15.5. The summed E-state index contributed by atoms with van der Waals surface area (Å²) in [5, 5.41) is 7.25. The lowest BCUT2D eigenvalue weighted by Gasteiger charge is -2.24. The maximum Gasteiger partial charge on any atom is 0.230 e. The van der Waals surface area contributed by atoms with Gasteiger partial charge in [-0.25, -0.2) is 9.98 Å². The van der Waals surface area contributed by atoms with Crippen LogP contribution in [0.5, 0.6) is 0 Å². The first-order valence-electron chi connectivity index (χ1n) is 14.4. The molecule has 5 aromatic rings. The Balaban J connectivity index is 1.25. The molecule has 5 heteroatoms. The van der Waals surface area contributed by atoms with Gasteiger partial charge in [0.05, 0.1) is 28.5 Å². The third kappa shape index (κ3) is 5.59. The molecule has 0 spiro atoms. The average Bonchev–Trinajstić information content (AvgIpc) is 3.62. The number of aryl methyl sites for hydroxylation is 1. The second-order valence-corrected chi connectivity index (χ2v) is 10.4. The van der Waals surface area contributed by atoms with E-state index in [0.29, 0.717) is 0 Å². The molecule has 0 radical (unpaired) electrons. The summed E-state index contributed by atoms with van der Waals surface area (Å²) in [6, 6.07) is 38.1. The number of aromatic nitrogens is 2. The van der Waals surface area contributed by atoms with E-state index in [4.69, 9.17) is 15.1 Å². The van der Waals surface area contributed by atoms with E-state index in [9.17, 15) is 0 Å². The van der Waals surface area contributed by atoms with Crippen molar-refractivity contribution in [2.45, 2.75) is 51.6 Å². The lowest BCUT2D eigenvalue weighted by Crippen LogP contribution is -2.18. The molecule has 1 aliphatic heterocycles. The molecule has 0 aliphatic carbocycles. The Morgan fingerprint density at radius 3 is 2.30 bits per heavy atom. The predicted octanol–water partition coefficient (Wildman–Crippen LogP) is 8.72. The van der Waals surface area contributed by atoms with Crippen LogP contribution >= 0.6 is 0 Å². The smallest absolute Gasteiger partial charge is 0.230 e. The summed E-state index contributed by atoms with van der Waals surface area (Å²) >= 11 is 0. The largest absolute Gasteiger partial charge is 0.308 e. The zero-order chi connectivity index (χ0) is 27.1. The highest BCUT2D eigenvalue weighted by Gasteiger charge is 2.29. The van der Waals surface area contributed by atoms with E-state index in [1.165, 1.54) is 30.4 Å². The molecule has 0 amide bonds. The lowest BCUT2D eigenvalue weighted by molar-refractivity contribution is 0.593. The number of hydrazone groups is 1. The Labute approximate surface area is 236 Å². The van der Waals surface area contributed by atoms with Gasteiger partial charge in [0.1, 0.15) is 0 Å². The second kappa shape index (κ2) is 12.1. The minimum absolute atomic E-state index is 0.156. The molecule has 40 heavy (non-hydrogen) atoms. The van der Waals surface area contributed by atoms with Crippen LogP contribution in [0.2, 0.25) is 0 Å². The summed E-state index contributed by atoms with van der Waals surface area (Å²) in [6.45, 7) is 3.18. The molecule has 0 saturated heterocycles. The topological polar surface area (TPSA) is 45.8 Å². The molecule has 2 heterocycles. The van der Waals surface area contributed by atoms with E-state index < -0.39 is 0 Å². The normalized spacial score (nSPS) is 15.3. The average molecular weight is 526 g/mol. The van der Waals surface area contributed by atoms with E-state index in [2.05, 4.69) is 114 Å². The van der Waals surface area contributed by atoms with Crippen molar-refractivity contribution >= 4 is 34.6 Å². The van der Waals surface area contributed by atoms with Gasteiger partial charge in [-0.3, -0.25) is 5.01 Å². The molecule has 4 aromatic carbocycles. The van der Waals surface area contributed by atoms with Crippen molar-refractivity contribution in [1.29, 1.82) is 0 Å². The Kier molecular flexibility index (Phi) is 7.80. The predicted molar refractivity (Wildman–Crippen MR) is 167 cm³/mol. The summed E-state index contributed by atoms with van der Waals surface area (Å²) < 4.78 is 2.25. The van der Waals surface area contributed by atoms with Gasteiger partial charge in [0.15, 0.2) is 0 Å². The van der Waals surface area contributed by atoms with Crippen molar-refractivity contribution in [3.8, 4) is 0 Å². The SMILES string of the molecule is CCCCCCn1c(N=Cc2ccc(N3N=C(c4ccccc4)C[C@H]3c3ccccc3)cc2)nc2ccccc21. The number of para-hydroxylation sites is 2. The molecule has 0 fully saturated rings. The molecule has 1 aliphatic rings. The van der Waals surface area contributed by atoms with Gasteiger partial charge in [-0.15, -0.1) is 0 Å². The maximum atomic E-state index is 5.09.